The Morgan fingerprint density at radius 2 is 1.94 bits per heavy atom. The highest BCUT2D eigenvalue weighted by Gasteiger charge is 2.04. The smallest absolute Gasteiger partial charge is 0.0163 e. The van der Waals surface area contributed by atoms with Crippen LogP contribution in [0, 0.1) is 0 Å². The molecule has 0 aromatic heterocycles. The summed E-state index contributed by atoms with van der Waals surface area (Å²) < 4.78 is 0. The minimum absolute atomic E-state index is 1.18. The molecule has 0 radical (unpaired) electrons. The maximum Gasteiger partial charge on any atom is 0.0163 e. The summed E-state index contributed by atoms with van der Waals surface area (Å²) in [6.45, 7) is 8.36. The van der Waals surface area contributed by atoms with Crippen LogP contribution in [0.4, 0.5) is 0 Å². The van der Waals surface area contributed by atoms with Crippen molar-refractivity contribution in [1.82, 2.24) is 10.2 Å². The number of hydrogen-bond donors (Lipinski definition) is 1. The lowest BCUT2D eigenvalue weighted by Gasteiger charge is -2.22. The maximum absolute atomic E-state index is 3.46. The Morgan fingerprint density at radius 3 is 2.69 bits per heavy atom. The largest absolute Gasteiger partial charge is 0.317 e. The van der Waals surface area contributed by atoms with E-state index in [0.29, 0.717) is 0 Å². The van der Waals surface area contributed by atoms with Crippen molar-refractivity contribution in [2.45, 2.75) is 45.4 Å². The fourth-order valence-electron chi connectivity index (χ4n) is 2.13. The van der Waals surface area contributed by atoms with Crippen LogP contribution < -0.4 is 5.32 Å². The van der Waals surface area contributed by atoms with E-state index in [9.17, 15) is 0 Å². The molecule has 0 saturated carbocycles. The summed E-state index contributed by atoms with van der Waals surface area (Å²) in [5.74, 6) is 0. The Labute approximate surface area is 101 Å². The summed E-state index contributed by atoms with van der Waals surface area (Å²) in [5, 5.41) is 3.46. The van der Waals surface area contributed by atoms with Gasteiger partial charge in [0.25, 0.3) is 0 Å². The zero-order chi connectivity index (χ0) is 11.5. The zero-order valence-electron chi connectivity index (χ0n) is 10.9. The van der Waals surface area contributed by atoms with Gasteiger partial charge in [0.05, 0.1) is 0 Å². The van der Waals surface area contributed by atoms with Gasteiger partial charge in [-0.25, -0.2) is 0 Å². The van der Waals surface area contributed by atoms with E-state index >= 15 is 0 Å². The predicted molar refractivity (Wildman–Crippen MR) is 71.8 cm³/mol. The van der Waals surface area contributed by atoms with E-state index in [4.69, 9.17) is 0 Å². The van der Waals surface area contributed by atoms with Crippen molar-refractivity contribution in [3.8, 4) is 0 Å². The summed E-state index contributed by atoms with van der Waals surface area (Å²) in [4.78, 5) is 2.56. The van der Waals surface area contributed by atoms with Crippen LogP contribution in [0.2, 0.25) is 0 Å². The summed E-state index contributed by atoms with van der Waals surface area (Å²) in [7, 11) is 0. The van der Waals surface area contributed by atoms with E-state index < -0.39 is 0 Å². The van der Waals surface area contributed by atoms with Crippen molar-refractivity contribution in [2.75, 3.05) is 32.7 Å². The maximum atomic E-state index is 3.46. The SMILES string of the molecule is CCCNCCCCCCN1CC=CCC1. The second kappa shape index (κ2) is 9.86. The van der Waals surface area contributed by atoms with Gasteiger partial charge in [0.2, 0.25) is 0 Å². The van der Waals surface area contributed by atoms with Gasteiger partial charge in [0, 0.05) is 13.1 Å². The molecule has 0 unspecified atom stereocenters. The van der Waals surface area contributed by atoms with E-state index in [2.05, 4.69) is 29.3 Å². The lowest BCUT2D eigenvalue weighted by Crippen LogP contribution is -2.28. The molecule has 0 fully saturated rings. The number of unbranched alkanes of at least 4 members (excludes halogenated alkanes) is 3. The Kier molecular flexibility index (Phi) is 8.45. The summed E-state index contributed by atoms with van der Waals surface area (Å²) in [6.07, 6.45) is 12.6. The van der Waals surface area contributed by atoms with Crippen LogP contribution >= 0.6 is 0 Å². The predicted octanol–water partition coefficient (Wildman–Crippen LogP) is 2.81. The summed E-state index contributed by atoms with van der Waals surface area (Å²) >= 11 is 0. The number of rotatable bonds is 9. The third-order valence-electron chi connectivity index (χ3n) is 3.15. The monoisotopic (exact) mass is 224 g/mol. The normalized spacial score (nSPS) is 16.8. The molecule has 94 valence electrons. The number of hydrogen-bond acceptors (Lipinski definition) is 2. The molecule has 0 saturated heterocycles. The van der Waals surface area contributed by atoms with E-state index in [1.54, 1.807) is 0 Å². The highest BCUT2D eigenvalue weighted by atomic mass is 15.1. The Balaban J connectivity index is 1.79. The van der Waals surface area contributed by atoms with Crippen LogP contribution in [-0.2, 0) is 0 Å². The van der Waals surface area contributed by atoms with Gasteiger partial charge in [-0.3, -0.25) is 4.90 Å². The van der Waals surface area contributed by atoms with Gasteiger partial charge in [-0.15, -0.1) is 0 Å². The first kappa shape index (κ1) is 13.7. The van der Waals surface area contributed by atoms with Gasteiger partial charge in [-0.2, -0.15) is 0 Å². The van der Waals surface area contributed by atoms with Crippen LogP contribution in [-0.4, -0.2) is 37.6 Å². The van der Waals surface area contributed by atoms with Crippen molar-refractivity contribution in [3.05, 3.63) is 12.2 Å². The first-order valence-corrected chi connectivity index (χ1v) is 7.01. The topological polar surface area (TPSA) is 15.3 Å². The first-order valence-electron chi connectivity index (χ1n) is 7.01. The second-order valence-corrected chi connectivity index (χ2v) is 4.72. The Bertz CT molecular complexity index is 178. The lowest BCUT2D eigenvalue weighted by atomic mass is 10.1. The quantitative estimate of drug-likeness (QED) is 0.478. The van der Waals surface area contributed by atoms with Gasteiger partial charge in [-0.1, -0.05) is 31.9 Å². The molecule has 0 aromatic rings. The highest BCUT2D eigenvalue weighted by molar-refractivity contribution is 4.90. The average molecular weight is 224 g/mol. The molecular formula is C14H28N2. The molecule has 1 heterocycles. The number of nitrogens with zero attached hydrogens (tertiary/aromatic N) is 1. The second-order valence-electron chi connectivity index (χ2n) is 4.72. The van der Waals surface area contributed by atoms with Crippen LogP contribution in [0.5, 0.6) is 0 Å². The van der Waals surface area contributed by atoms with E-state index in [-0.39, 0.29) is 0 Å². The molecule has 0 spiro atoms. The summed E-state index contributed by atoms with van der Waals surface area (Å²) in [5.41, 5.74) is 0. The Hall–Kier alpha value is -0.340. The molecule has 2 heteroatoms. The third-order valence-corrected chi connectivity index (χ3v) is 3.15. The fraction of sp³-hybridized carbons (Fsp3) is 0.857. The molecule has 0 aromatic carbocycles. The minimum Gasteiger partial charge on any atom is -0.317 e. The molecule has 0 aliphatic carbocycles. The molecule has 16 heavy (non-hydrogen) atoms. The van der Waals surface area contributed by atoms with Gasteiger partial charge in [0.15, 0.2) is 0 Å². The van der Waals surface area contributed by atoms with Gasteiger partial charge >= 0.3 is 0 Å². The molecule has 0 bridgehead atoms. The number of nitrogens with one attached hydrogen (secondary N) is 1. The van der Waals surface area contributed by atoms with Crippen molar-refractivity contribution in [3.63, 3.8) is 0 Å². The van der Waals surface area contributed by atoms with Crippen molar-refractivity contribution < 1.29 is 0 Å². The van der Waals surface area contributed by atoms with Crippen LogP contribution in [0.15, 0.2) is 12.2 Å². The zero-order valence-corrected chi connectivity index (χ0v) is 10.9. The molecule has 0 atom stereocenters. The Morgan fingerprint density at radius 1 is 1.06 bits per heavy atom. The molecule has 1 aliphatic heterocycles. The van der Waals surface area contributed by atoms with Crippen molar-refractivity contribution >= 4 is 0 Å². The van der Waals surface area contributed by atoms with Gasteiger partial charge in [0.1, 0.15) is 0 Å². The van der Waals surface area contributed by atoms with Gasteiger partial charge < -0.3 is 5.32 Å². The molecule has 0 amide bonds. The molecule has 1 aliphatic rings. The van der Waals surface area contributed by atoms with E-state index in [1.165, 1.54) is 71.2 Å². The van der Waals surface area contributed by atoms with Crippen molar-refractivity contribution in [1.29, 1.82) is 0 Å². The lowest BCUT2D eigenvalue weighted by molar-refractivity contribution is 0.290. The van der Waals surface area contributed by atoms with E-state index in [0.717, 1.165) is 0 Å². The van der Waals surface area contributed by atoms with Crippen LogP contribution in [0.1, 0.15) is 45.4 Å². The van der Waals surface area contributed by atoms with E-state index in [1.807, 2.05) is 0 Å². The molecule has 1 rings (SSSR count). The first-order chi connectivity index (χ1) is 7.93. The molecular weight excluding hydrogens is 196 g/mol. The fourth-order valence-corrected chi connectivity index (χ4v) is 2.13. The highest BCUT2D eigenvalue weighted by Crippen LogP contribution is 2.05. The minimum atomic E-state index is 1.18. The van der Waals surface area contributed by atoms with Crippen molar-refractivity contribution in [2.24, 2.45) is 0 Å². The third kappa shape index (κ3) is 7.02. The average Bonchev–Trinajstić information content (AvgIpc) is 2.34. The summed E-state index contributed by atoms with van der Waals surface area (Å²) in [6, 6.07) is 0. The molecule has 2 nitrogen and oxygen atoms in total. The van der Waals surface area contributed by atoms with Crippen LogP contribution in [0.3, 0.4) is 0 Å². The molecule has 1 N–H and O–H groups in total. The van der Waals surface area contributed by atoms with Gasteiger partial charge in [-0.05, 0) is 45.3 Å². The standard InChI is InChI=1S/C14H28N2/c1-2-10-15-11-6-3-4-7-12-16-13-8-5-9-14-16/h5,8,15H,2-4,6-7,9-14H2,1H3. The van der Waals surface area contributed by atoms with Crippen LogP contribution in [0.25, 0.3) is 0 Å².